The zero-order valence-electron chi connectivity index (χ0n) is 16.4. The van der Waals surface area contributed by atoms with E-state index in [4.69, 9.17) is 4.18 Å². The van der Waals surface area contributed by atoms with Crippen LogP contribution < -0.4 is 9.61 Å². The van der Waals surface area contributed by atoms with Crippen LogP contribution in [-0.4, -0.2) is 20.5 Å². The molecule has 166 valence electrons. The molecule has 0 aliphatic carbocycles. The Bertz CT molecular complexity index is 1230. The van der Waals surface area contributed by atoms with Crippen LogP contribution in [-0.2, 0) is 27.5 Å². The number of carbonyl (C=O) groups excluding carboxylic acids is 1. The lowest BCUT2D eigenvalue weighted by Gasteiger charge is -2.11. The number of alkyl halides is 3. The van der Waals surface area contributed by atoms with Crippen molar-refractivity contribution in [1.29, 1.82) is 0 Å². The number of para-hydroxylation sites is 1. The maximum absolute atomic E-state index is 12.9. The molecule has 0 spiro atoms. The van der Waals surface area contributed by atoms with Crippen molar-refractivity contribution in [2.24, 2.45) is 5.10 Å². The second kappa shape index (κ2) is 9.65. The normalized spacial score (nSPS) is 12.0. The van der Waals surface area contributed by atoms with Gasteiger partial charge in [-0.1, -0.05) is 48.5 Å². The van der Waals surface area contributed by atoms with Crippen LogP contribution in [0.2, 0.25) is 0 Å². The minimum Gasteiger partial charge on any atom is -0.378 e. The van der Waals surface area contributed by atoms with E-state index in [1.807, 2.05) is 6.07 Å². The molecule has 0 fully saturated rings. The molecule has 0 atom stereocenters. The summed E-state index contributed by atoms with van der Waals surface area (Å²) in [6.45, 7) is 0. The number of benzene rings is 3. The third-order valence-corrected chi connectivity index (χ3v) is 5.40. The van der Waals surface area contributed by atoms with Gasteiger partial charge in [0.1, 0.15) is 4.90 Å². The second-order valence-electron chi connectivity index (χ2n) is 6.56. The standard InChI is InChI=1S/C22H17F3N2O4S/c23-22(24,25)18-10-6-11-19(14-18)32(29,30)31-20-12-5-4-9-17(20)15-26-27-21(28)13-16-7-2-1-3-8-16/h1-12,14-15H,13H2,(H,27,28)/b26-15+. The summed E-state index contributed by atoms with van der Waals surface area (Å²) >= 11 is 0. The van der Waals surface area contributed by atoms with Gasteiger partial charge in [-0.2, -0.15) is 26.7 Å². The van der Waals surface area contributed by atoms with Crippen molar-refractivity contribution in [3.05, 3.63) is 95.6 Å². The van der Waals surface area contributed by atoms with Gasteiger partial charge in [-0.25, -0.2) is 5.43 Å². The summed E-state index contributed by atoms with van der Waals surface area (Å²) in [5.74, 6) is -0.548. The summed E-state index contributed by atoms with van der Waals surface area (Å²) in [5, 5.41) is 3.80. The molecule has 0 unspecified atom stereocenters. The maximum Gasteiger partial charge on any atom is 0.416 e. The zero-order chi connectivity index (χ0) is 23.2. The average molecular weight is 462 g/mol. The predicted molar refractivity (Wildman–Crippen MR) is 112 cm³/mol. The SMILES string of the molecule is O=C(Cc1ccccc1)N/N=C/c1ccccc1OS(=O)(=O)c1cccc(C(F)(F)F)c1. The van der Waals surface area contributed by atoms with Crippen molar-refractivity contribution in [2.75, 3.05) is 0 Å². The largest absolute Gasteiger partial charge is 0.416 e. The Balaban J connectivity index is 1.74. The summed E-state index contributed by atoms with van der Waals surface area (Å²) in [5.41, 5.74) is 2.20. The van der Waals surface area contributed by atoms with Crippen molar-refractivity contribution in [2.45, 2.75) is 17.5 Å². The maximum atomic E-state index is 12.9. The van der Waals surface area contributed by atoms with Gasteiger partial charge in [-0.05, 0) is 35.9 Å². The minimum absolute atomic E-state index is 0.0975. The quantitative estimate of drug-likeness (QED) is 0.325. The van der Waals surface area contributed by atoms with Gasteiger partial charge >= 0.3 is 16.3 Å². The number of amides is 1. The molecule has 0 aliphatic heterocycles. The smallest absolute Gasteiger partial charge is 0.378 e. The van der Waals surface area contributed by atoms with Gasteiger partial charge in [0, 0.05) is 5.56 Å². The van der Waals surface area contributed by atoms with Gasteiger partial charge in [0.25, 0.3) is 0 Å². The summed E-state index contributed by atoms with van der Waals surface area (Å²) in [7, 11) is -4.55. The molecule has 32 heavy (non-hydrogen) atoms. The highest BCUT2D eigenvalue weighted by atomic mass is 32.2. The highest BCUT2D eigenvalue weighted by molar-refractivity contribution is 7.87. The summed E-state index contributed by atoms with van der Waals surface area (Å²) < 4.78 is 68.8. The number of hydrogen-bond acceptors (Lipinski definition) is 5. The Morgan fingerprint density at radius 3 is 2.38 bits per heavy atom. The van der Waals surface area contributed by atoms with Gasteiger partial charge in [-0.3, -0.25) is 4.79 Å². The number of nitrogens with one attached hydrogen (secondary N) is 1. The molecule has 0 heterocycles. The van der Waals surface area contributed by atoms with Gasteiger partial charge in [0.05, 0.1) is 18.2 Å². The second-order valence-corrected chi connectivity index (χ2v) is 8.10. The topological polar surface area (TPSA) is 84.8 Å². The van der Waals surface area contributed by atoms with Crippen LogP contribution in [0.25, 0.3) is 0 Å². The molecule has 3 rings (SSSR count). The van der Waals surface area contributed by atoms with E-state index in [0.717, 1.165) is 23.8 Å². The van der Waals surface area contributed by atoms with Crippen LogP contribution in [0.3, 0.4) is 0 Å². The summed E-state index contributed by atoms with van der Waals surface area (Å²) in [6, 6.07) is 18.1. The Labute approximate surface area is 182 Å². The monoisotopic (exact) mass is 462 g/mol. The number of halogens is 3. The van der Waals surface area contributed by atoms with Crippen molar-refractivity contribution in [3.8, 4) is 5.75 Å². The van der Waals surface area contributed by atoms with E-state index in [0.29, 0.717) is 6.07 Å². The van der Waals surface area contributed by atoms with E-state index in [-0.39, 0.29) is 23.6 Å². The van der Waals surface area contributed by atoms with E-state index < -0.39 is 26.8 Å². The third-order valence-electron chi connectivity index (χ3n) is 4.17. The first kappa shape index (κ1) is 23.0. The molecule has 0 aliphatic rings. The van der Waals surface area contributed by atoms with E-state index in [9.17, 15) is 26.4 Å². The fraction of sp³-hybridized carbons (Fsp3) is 0.0909. The first-order chi connectivity index (χ1) is 15.1. The van der Waals surface area contributed by atoms with E-state index in [2.05, 4.69) is 10.5 Å². The Morgan fingerprint density at radius 2 is 1.66 bits per heavy atom. The lowest BCUT2D eigenvalue weighted by atomic mass is 10.1. The van der Waals surface area contributed by atoms with Crippen LogP contribution in [0.15, 0.2) is 88.9 Å². The molecule has 6 nitrogen and oxygen atoms in total. The van der Waals surface area contributed by atoms with Crippen molar-refractivity contribution in [1.82, 2.24) is 5.43 Å². The lowest BCUT2D eigenvalue weighted by molar-refractivity contribution is -0.137. The van der Waals surface area contributed by atoms with Gasteiger partial charge < -0.3 is 4.18 Å². The molecule has 1 amide bonds. The highest BCUT2D eigenvalue weighted by Gasteiger charge is 2.32. The highest BCUT2D eigenvalue weighted by Crippen LogP contribution is 2.31. The van der Waals surface area contributed by atoms with Crippen molar-refractivity contribution >= 4 is 22.2 Å². The minimum atomic E-state index is -4.70. The molecule has 1 N–H and O–H groups in total. The molecule has 3 aromatic carbocycles. The van der Waals surface area contributed by atoms with E-state index in [1.54, 1.807) is 30.3 Å². The van der Waals surface area contributed by atoms with Crippen LogP contribution in [0.5, 0.6) is 5.75 Å². The first-order valence-electron chi connectivity index (χ1n) is 9.22. The zero-order valence-corrected chi connectivity index (χ0v) is 17.2. The molecular formula is C22H17F3N2O4S. The molecular weight excluding hydrogens is 445 g/mol. The Kier molecular flexibility index (Phi) is 6.94. The molecule has 3 aromatic rings. The molecule has 0 bridgehead atoms. The molecule has 0 saturated heterocycles. The van der Waals surface area contributed by atoms with Crippen LogP contribution in [0.1, 0.15) is 16.7 Å². The fourth-order valence-electron chi connectivity index (χ4n) is 2.65. The number of carbonyl (C=O) groups is 1. The first-order valence-corrected chi connectivity index (χ1v) is 10.6. The van der Waals surface area contributed by atoms with Gasteiger partial charge in [-0.15, -0.1) is 0 Å². The number of rotatable bonds is 7. The van der Waals surface area contributed by atoms with E-state index in [1.165, 1.54) is 24.4 Å². The number of hydrogen-bond donors (Lipinski definition) is 1. The summed E-state index contributed by atoms with van der Waals surface area (Å²) in [6.07, 6.45) is -3.42. The Hall–Kier alpha value is -3.66. The summed E-state index contributed by atoms with van der Waals surface area (Å²) in [4.78, 5) is 11.3. The van der Waals surface area contributed by atoms with Crippen LogP contribution >= 0.6 is 0 Å². The number of hydrazone groups is 1. The predicted octanol–water partition coefficient (Wildman–Crippen LogP) is 4.17. The fourth-order valence-corrected chi connectivity index (χ4v) is 3.65. The van der Waals surface area contributed by atoms with Crippen molar-refractivity contribution in [3.63, 3.8) is 0 Å². The average Bonchev–Trinajstić information content (AvgIpc) is 2.75. The van der Waals surface area contributed by atoms with Crippen LogP contribution in [0, 0.1) is 0 Å². The van der Waals surface area contributed by atoms with E-state index >= 15 is 0 Å². The molecule has 0 aromatic heterocycles. The third kappa shape index (κ3) is 6.17. The molecule has 0 saturated carbocycles. The lowest BCUT2D eigenvalue weighted by Crippen LogP contribution is -2.19. The van der Waals surface area contributed by atoms with Gasteiger partial charge in [0.2, 0.25) is 5.91 Å². The Morgan fingerprint density at radius 1 is 0.969 bits per heavy atom. The van der Waals surface area contributed by atoms with Crippen molar-refractivity contribution < 1.29 is 30.6 Å². The molecule has 0 radical (unpaired) electrons. The molecule has 10 heteroatoms. The van der Waals surface area contributed by atoms with Crippen LogP contribution in [0.4, 0.5) is 13.2 Å². The number of nitrogens with zero attached hydrogens (tertiary/aromatic N) is 1. The van der Waals surface area contributed by atoms with Gasteiger partial charge in [0.15, 0.2) is 5.75 Å².